The second kappa shape index (κ2) is 6.95. The molecule has 1 rings (SSSR count). The fourth-order valence-corrected chi connectivity index (χ4v) is 1.88. The van der Waals surface area contributed by atoms with Crippen LogP contribution in [0, 0.1) is 0 Å². The van der Waals surface area contributed by atoms with Crippen molar-refractivity contribution < 1.29 is 9.84 Å². The van der Waals surface area contributed by atoms with E-state index >= 15 is 0 Å². The largest absolute Gasteiger partial charge is 0.391 e. The summed E-state index contributed by atoms with van der Waals surface area (Å²) >= 11 is 1.66. The molecule has 0 amide bonds. The molecule has 4 heteroatoms. The van der Waals surface area contributed by atoms with Crippen LogP contribution in [0.15, 0.2) is 16.8 Å². The van der Waals surface area contributed by atoms with Crippen molar-refractivity contribution >= 4 is 11.3 Å². The van der Waals surface area contributed by atoms with Gasteiger partial charge >= 0.3 is 0 Å². The van der Waals surface area contributed by atoms with Gasteiger partial charge in [0.2, 0.25) is 0 Å². The Labute approximate surface area is 88.7 Å². The van der Waals surface area contributed by atoms with E-state index in [-0.39, 0.29) is 6.10 Å². The van der Waals surface area contributed by atoms with Crippen LogP contribution in [0.4, 0.5) is 0 Å². The Bertz CT molecular complexity index is 226. The molecule has 0 radical (unpaired) electrons. The van der Waals surface area contributed by atoms with Gasteiger partial charge in [-0.15, -0.1) is 0 Å². The van der Waals surface area contributed by atoms with Gasteiger partial charge in [-0.2, -0.15) is 11.3 Å². The third kappa shape index (κ3) is 4.72. The first-order valence-electron chi connectivity index (χ1n) is 4.71. The summed E-state index contributed by atoms with van der Waals surface area (Å²) in [6.07, 6.45) is 0.421. The zero-order valence-corrected chi connectivity index (χ0v) is 9.22. The highest BCUT2D eigenvalue weighted by molar-refractivity contribution is 7.07. The van der Waals surface area contributed by atoms with E-state index in [0.717, 1.165) is 13.0 Å². The predicted octanol–water partition coefficient (Wildman–Crippen LogP) is 0.887. The standard InChI is InChI=1S/C10H17NO2S/c1-13-4-3-11-7-10(12)6-9-2-5-14-8-9/h2,5,8,10-12H,3-4,6-7H2,1H3. The quantitative estimate of drug-likeness (QED) is 0.664. The van der Waals surface area contributed by atoms with Crippen molar-refractivity contribution in [3.8, 4) is 0 Å². The first-order chi connectivity index (χ1) is 6.83. The van der Waals surface area contributed by atoms with E-state index in [1.54, 1.807) is 18.4 Å². The number of hydrogen-bond acceptors (Lipinski definition) is 4. The van der Waals surface area contributed by atoms with Gasteiger partial charge < -0.3 is 15.2 Å². The summed E-state index contributed by atoms with van der Waals surface area (Å²) in [6.45, 7) is 2.10. The first kappa shape index (κ1) is 11.7. The molecule has 0 bridgehead atoms. The van der Waals surface area contributed by atoms with Crippen LogP contribution in [0.25, 0.3) is 0 Å². The van der Waals surface area contributed by atoms with Crippen LogP contribution in [0.3, 0.4) is 0 Å². The second-order valence-electron chi connectivity index (χ2n) is 3.19. The average molecular weight is 215 g/mol. The fraction of sp³-hybridized carbons (Fsp3) is 0.600. The van der Waals surface area contributed by atoms with Gasteiger partial charge in [-0.1, -0.05) is 0 Å². The Morgan fingerprint density at radius 3 is 3.14 bits per heavy atom. The molecule has 0 aliphatic heterocycles. The van der Waals surface area contributed by atoms with Gasteiger partial charge in [0.05, 0.1) is 12.7 Å². The van der Waals surface area contributed by atoms with Crippen LogP contribution < -0.4 is 5.32 Å². The Kier molecular flexibility index (Phi) is 5.78. The molecular weight excluding hydrogens is 198 g/mol. The number of aliphatic hydroxyl groups excluding tert-OH is 1. The molecule has 0 saturated heterocycles. The van der Waals surface area contributed by atoms with Gasteiger partial charge in [0, 0.05) is 26.6 Å². The molecule has 3 nitrogen and oxygen atoms in total. The maximum Gasteiger partial charge on any atom is 0.0705 e. The maximum atomic E-state index is 9.62. The molecule has 0 aromatic carbocycles. The van der Waals surface area contributed by atoms with Gasteiger partial charge in [-0.3, -0.25) is 0 Å². The minimum absolute atomic E-state index is 0.304. The average Bonchev–Trinajstić information content (AvgIpc) is 2.65. The van der Waals surface area contributed by atoms with E-state index in [1.807, 2.05) is 11.4 Å². The first-order valence-corrected chi connectivity index (χ1v) is 5.66. The third-order valence-electron chi connectivity index (χ3n) is 1.91. The Morgan fingerprint density at radius 1 is 1.64 bits per heavy atom. The Balaban J connectivity index is 2.07. The van der Waals surface area contributed by atoms with Crippen molar-refractivity contribution in [2.24, 2.45) is 0 Å². The molecule has 1 heterocycles. The molecule has 0 aliphatic rings. The SMILES string of the molecule is COCCNCC(O)Cc1ccsc1. The molecule has 1 aromatic rings. The van der Waals surface area contributed by atoms with E-state index in [2.05, 4.69) is 10.7 Å². The molecular formula is C10H17NO2S. The van der Waals surface area contributed by atoms with E-state index < -0.39 is 0 Å². The molecule has 14 heavy (non-hydrogen) atoms. The highest BCUT2D eigenvalue weighted by Crippen LogP contribution is 2.08. The van der Waals surface area contributed by atoms with Crippen molar-refractivity contribution in [3.05, 3.63) is 22.4 Å². The number of rotatable bonds is 7. The molecule has 0 fully saturated rings. The summed E-state index contributed by atoms with van der Waals surface area (Å²) in [5.41, 5.74) is 1.20. The number of thiophene rings is 1. The zero-order chi connectivity index (χ0) is 10.2. The van der Waals surface area contributed by atoms with Gasteiger partial charge in [0.15, 0.2) is 0 Å². The molecule has 1 unspecified atom stereocenters. The van der Waals surface area contributed by atoms with Gasteiger partial charge in [-0.25, -0.2) is 0 Å². The normalized spacial score (nSPS) is 13.0. The van der Waals surface area contributed by atoms with Crippen LogP contribution in [0.1, 0.15) is 5.56 Å². The number of methoxy groups -OCH3 is 1. The number of ether oxygens (including phenoxy) is 1. The maximum absolute atomic E-state index is 9.62. The smallest absolute Gasteiger partial charge is 0.0705 e. The summed E-state index contributed by atoms with van der Waals surface area (Å²) in [7, 11) is 1.67. The molecule has 1 aromatic heterocycles. The second-order valence-corrected chi connectivity index (χ2v) is 3.97. The number of nitrogens with one attached hydrogen (secondary N) is 1. The van der Waals surface area contributed by atoms with Gasteiger partial charge in [0.1, 0.15) is 0 Å². The summed E-state index contributed by atoms with van der Waals surface area (Å²) in [5.74, 6) is 0. The van der Waals surface area contributed by atoms with E-state index in [9.17, 15) is 5.11 Å². The minimum atomic E-state index is -0.304. The summed E-state index contributed by atoms with van der Waals surface area (Å²) < 4.78 is 4.89. The van der Waals surface area contributed by atoms with E-state index in [0.29, 0.717) is 13.2 Å². The van der Waals surface area contributed by atoms with Crippen LogP contribution >= 0.6 is 11.3 Å². The predicted molar refractivity (Wildman–Crippen MR) is 58.8 cm³/mol. The monoisotopic (exact) mass is 215 g/mol. The Morgan fingerprint density at radius 2 is 2.50 bits per heavy atom. The summed E-state index contributed by atoms with van der Waals surface area (Å²) in [6, 6.07) is 2.04. The lowest BCUT2D eigenvalue weighted by Crippen LogP contribution is -2.30. The van der Waals surface area contributed by atoms with E-state index in [4.69, 9.17) is 4.74 Å². The van der Waals surface area contributed by atoms with Gasteiger partial charge in [-0.05, 0) is 22.4 Å². The highest BCUT2D eigenvalue weighted by atomic mass is 32.1. The lowest BCUT2D eigenvalue weighted by atomic mass is 10.1. The number of hydrogen-bond donors (Lipinski definition) is 2. The fourth-order valence-electron chi connectivity index (χ4n) is 1.20. The summed E-state index contributed by atoms with van der Waals surface area (Å²) in [4.78, 5) is 0. The van der Waals surface area contributed by atoms with Crippen molar-refractivity contribution in [1.82, 2.24) is 5.32 Å². The third-order valence-corrected chi connectivity index (χ3v) is 2.65. The topological polar surface area (TPSA) is 41.5 Å². The molecule has 2 N–H and O–H groups in total. The minimum Gasteiger partial charge on any atom is -0.391 e. The van der Waals surface area contributed by atoms with Crippen LogP contribution in [-0.4, -0.2) is 38.0 Å². The van der Waals surface area contributed by atoms with Gasteiger partial charge in [0.25, 0.3) is 0 Å². The van der Waals surface area contributed by atoms with Crippen molar-refractivity contribution in [1.29, 1.82) is 0 Å². The lowest BCUT2D eigenvalue weighted by molar-refractivity contribution is 0.160. The lowest BCUT2D eigenvalue weighted by Gasteiger charge is -2.10. The van der Waals surface area contributed by atoms with E-state index in [1.165, 1.54) is 5.56 Å². The summed E-state index contributed by atoms with van der Waals surface area (Å²) in [5, 5.41) is 16.8. The highest BCUT2D eigenvalue weighted by Gasteiger charge is 2.04. The van der Waals surface area contributed by atoms with Crippen LogP contribution in [-0.2, 0) is 11.2 Å². The van der Waals surface area contributed by atoms with Crippen molar-refractivity contribution in [3.63, 3.8) is 0 Å². The number of aliphatic hydroxyl groups is 1. The molecule has 80 valence electrons. The molecule has 0 aliphatic carbocycles. The van der Waals surface area contributed by atoms with Crippen LogP contribution in [0.5, 0.6) is 0 Å². The molecule has 0 saturated carbocycles. The Hall–Kier alpha value is -0.420. The zero-order valence-electron chi connectivity index (χ0n) is 8.40. The molecule has 0 spiro atoms. The van der Waals surface area contributed by atoms with Crippen molar-refractivity contribution in [2.45, 2.75) is 12.5 Å². The van der Waals surface area contributed by atoms with Crippen LogP contribution in [0.2, 0.25) is 0 Å². The van der Waals surface area contributed by atoms with Crippen molar-refractivity contribution in [2.75, 3.05) is 26.8 Å². The molecule has 1 atom stereocenters.